The van der Waals surface area contributed by atoms with Crippen molar-refractivity contribution in [2.45, 2.75) is 0 Å². The molecule has 2 aromatic carbocycles. The molecule has 0 saturated carbocycles. The average Bonchev–Trinajstić information content (AvgIpc) is 2.63. The largest absolute Gasteiger partial charge is 0.343 e. The van der Waals surface area contributed by atoms with E-state index < -0.39 is 0 Å². The summed E-state index contributed by atoms with van der Waals surface area (Å²) in [5.74, 6) is 0.320. The van der Waals surface area contributed by atoms with Gasteiger partial charge in [0.05, 0.1) is 17.4 Å². The van der Waals surface area contributed by atoms with Crippen molar-refractivity contribution in [3.8, 4) is 0 Å². The van der Waals surface area contributed by atoms with Crippen LogP contribution in [0.2, 0.25) is 0 Å². The average molecular weight is 382 g/mol. The Kier molecular flexibility index (Phi) is 4.91. The number of aromatic nitrogens is 1. The summed E-state index contributed by atoms with van der Waals surface area (Å²) in [7, 11) is 1.98. The van der Waals surface area contributed by atoms with E-state index in [-0.39, 0.29) is 5.91 Å². The Morgan fingerprint density at radius 2 is 1.67 bits per heavy atom. The van der Waals surface area contributed by atoms with Crippen molar-refractivity contribution < 1.29 is 4.79 Å². The molecular weight excluding hydrogens is 366 g/mol. The van der Waals surface area contributed by atoms with Crippen LogP contribution >= 0.6 is 15.9 Å². The molecule has 0 radical (unpaired) electrons. The Balaban J connectivity index is 1.73. The molecule has 0 aliphatic rings. The van der Waals surface area contributed by atoms with Crippen LogP contribution in [0.1, 0.15) is 10.4 Å². The number of hydrogen-bond donors (Lipinski definition) is 1. The van der Waals surface area contributed by atoms with Gasteiger partial charge in [0, 0.05) is 17.2 Å². The van der Waals surface area contributed by atoms with Crippen molar-refractivity contribution in [1.29, 1.82) is 0 Å². The van der Waals surface area contributed by atoms with Gasteiger partial charge in [-0.2, -0.15) is 0 Å². The van der Waals surface area contributed by atoms with Crippen molar-refractivity contribution in [3.63, 3.8) is 0 Å². The Morgan fingerprint density at radius 1 is 0.958 bits per heavy atom. The molecule has 0 spiro atoms. The fourth-order valence-electron chi connectivity index (χ4n) is 2.29. The summed E-state index contributed by atoms with van der Waals surface area (Å²) in [6, 6.07) is 21.0. The highest BCUT2D eigenvalue weighted by Gasteiger charge is 2.10. The van der Waals surface area contributed by atoms with Crippen LogP contribution in [0.25, 0.3) is 0 Å². The number of halogens is 1. The standard InChI is InChI=1S/C19H16BrN3O/c1-23(14-7-3-2-4-8-14)15-11-12-18(21-13-15)22-19(24)16-9-5-6-10-17(16)20/h2-13H,1H3,(H,21,22,24). The predicted octanol–water partition coefficient (Wildman–Crippen LogP) is 4.86. The van der Waals surface area contributed by atoms with E-state index in [4.69, 9.17) is 0 Å². The maximum Gasteiger partial charge on any atom is 0.257 e. The molecule has 5 heteroatoms. The summed E-state index contributed by atoms with van der Waals surface area (Å²) in [5, 5.41) is 2.81. The summed E-state index contributed by atoms with van der Waals surface area (Å²) in [4.78, 5) is 18.6. The highest BCUT2D eigenvalue weighted by molar-refractivity contribution is 9.10. The van der Waals surface area contributed by atoms with Gasteiger partial charge in [-0.15, -0.1) is 0 Å². The molecule has 0 aliphatic carbocycles. The third kappa shape index (κ3) is 3.63. The van der Waals surface area contributed by atoms with E-state index in [1.807, 2.05) is 66.5 Å². The Hall–Kier alpha value is -2.66. The zero-order valence-electron chi connectivity index (χ0n) is 13.1. The highest BCUT2D eigenvalue weighted by atomic mass is 79.9. The number of para-hydroxylation sites is 1. The molecule has 3 rings (SSSR count). The summed E-state index contributed by atoms with van der Waals surface area (Å²) in [6.45, 7) is 0. The fourth-order valence-corrected chi connectivity index (χ4v) is 2.75. The molecular formula is C19H16BrN3O. The van der Waals surface area contributed by atoms with Crippen LogP contribution in [0.4, 0.5) is 17.2 Å². The number of pyridine rings is 1. The summed E-state index contributed by atoms with van der Waals surface area (Å²) < 4.78 is 0.753. The van der Waals surface area contributed by atoms with E-state index in [9.17, 15) is 4.79 Å². The van der Waals surface area contributed by atoms with E-state index >= 15 is 0 Å². The molecule has 0 aliphatic heterocycles. The van der Waals surface area contributed by atoms with Gasteiger partial charge in [0.1, 0.15) is 5.82 Å². The smallest absolute Gasteiger partial charge is 0.257 e. The molecule has 0 unspecified atom stereocenters. The molecule has 1 N–H and O–H groups in total. The lowest BCUT2D eigenvalue weighted by atomic mass is 10.2. The number of rotatable bonds is 4. The van der Waals surface area contributed by atoms with E-state index in [0.29, 0.717) is 11.4 Å². The van der Waals surface area contributed by atoms with Gasteiger partial charge in [0.2, 0.25) is 0 Å². The molecule has 1 heterocycles. The van der Waals surface area contributed by atoms with Gasteiger partial charge in [-0.1, -0.05) is 30.3 Å². The maximum absolute atomic E-state index is 12.3. The Labute approximate surface area is 149 Å². The topological polar surface area (TPSA) is 45.2 Å². The highest BCUT2D eigenvalue weighted by Crippen LogP contribution is 2.23. The minimum absolute atomic E-state index is 0.195. The second-order valence-corrected chi connectivity index (χ2v) is 6.08. The summed E-state index contributed by atoms with van der Waals surface area (Å²) >= 11 is 3.38. The predicted molar refractivity (Wildman–Crippen MR) is 101 cm³/mol. The molecule has 0 fully saturated rings. The lowest BCUT2D eigenvalue weighted by molar-refractivity contribution is 0.102. The molecule has 4 nitrogen and oxygen atoms in total. The summed E-state index contributed by atoms with van der Waals surface area (Å²) in [6.07, 6.45) is 1.74. The van der Waals surface area contributed by atoms with Gasteiger partial charge in [-0.05, 0) is 52.3 Å². The number of amides is 1. The number of hydrogen-bond acceptors (Lipinski definition) is 3. The minimum atomic E-state index is -0.195. The monoisotopic (exact) mass is 381 g/mol. The summed E-state index contributed by atoms with van der Waals surface area (Å²) in [5.41, 5.74) is 2.59. The zero-order valence-corrected chi connectivity index (χ0v) is 14.7. The van der Waals surface area contributed by atoms with Crippen molar-refractivity contribution in [2.24, 2.45) is 0 Å². The quantitative estimate of drug-likeness (QED) is 0.701. The number of carbonyl (C=O) groups is 1. The van der Waals surface area contributed by atoms with Crippen molar-refractivity contribution in [3.05, 3.63) is 83.0 Å². The SMILES string of the molecule is CN(c1ccccc1)c1ccc(NC(=O)c2ccccc2Br)nc1. The van der Waals surface area contributed by atoms with Gasteiger partial charge >= 0.3 is 0 Å². The second-order valence-electron chi connectivity index (χ2n) is 5.23. The zero-order chi connectivity index (χ0) is 16.9. The van der Waals surface area contributed by atoms with Crippen molar-refractivity contribution in [1.82, 2.24) is 4.98 Å². The first-order valence-electron chi connectivity index (χ1n) is 7.46. The molecule has 120 valence electrons. The molecule has 0 bridgehead atoms. The van der Waals surface area contributed by atoms with Crippen LogP contribution in [0.15, 0.2) is 77.4 Å². The fraction of sp³-hybridized carbons (Fsp3) is 0.0526. The van der Waals surface area contributed by atoms with Crippen LogP contribution in [-0.4, -0.2) is 17.9 Å². The van der Waals surface area contributed by atoms with Crippen LogP contribution in [0, 0.1) is 0 Å². The van der Waals surface area contributed by atoms with E-state index in [2.05, 4.69) is 26.2 Å². The minimum Gasteiger partial charge on any atom is -0.343 e. The van der Waals surface area contributed by atoms with Crippen molar-refractivity contribution in [2.75, 3.05) is 17.3 Å². The normalized spacial score (nSPS) is 10.2. The maximum atomic E-state index is 12.3. The van der Waals surface area contributed by atoms with Crippen molar-refractivity contribution >= 4 is 39.0 Å². The van der Waals surface area contributed by atoms with Gasteiger partial charge in [0.25, 0.3) is 5.91 Å². The molecule has 3 aromatic rings. The number of nitrogens with zero attached hydrogens (tertiary/aromatic N) is 2. The van der Waals surface area contributed by atoms with Gasteiger partial charge < -0.3 is 10.2 Å². The molecule has 24 heavy (non-hydrogen) atoms. The Morgan fingerprint density at radius 3 is 2.33 bits per heavy atom. The number of anilines is 3. The third-order valence-corrected chi connectivity index (χ3v) is 4.33. The van der Waals surface area contributed by atoms with E-state index in [1.54, 1.807) is 18.3 Å². The first kappa shape index (κ1) is 16.2. The lowest BCUT2D eigenvalue weighted by Gasteiger charge is -2.19. The first-order chi connectivity index (χ1) is 11.6. The van der Waals surface area contributed by atoms with Crippen LogP contribution in [0.3, 0.4) is 0 Å². The molecule has 0 atom stereocenters. The molecule has 0 saturated heterocycles. The van der Waals surface area contributed by atoms with Gasteiger partial charge in [-0.25, -0.2) is 4.98 Å². The number of benzene rings is 2. The van der Waals surface area contributed by atoms with Gasteiger partial charge in [-0.3, -0.25) is 4.79 Å². The first-order valence-corrected chi connectivity index (χ1v) is 8.25. The van der Waals surface area contributed by atoms with E-state index in [1.165, 1.54) is 0 Å². The van der Waals surface area contributed by atoms with Crippen LogP contribution < -0.4 is 10.2 Å². The Bertz CT molecular complexity index is 835. The van der Waals surface area contributed by atoms with Crippen LogP contribution in [-0.2, 0) is 0 Å². The molecule has 1 amide bonds. The lowest BCUT2D eigenvalue weighted by Crippen LogP contribution is -2.14. The van der Waals surface area contributed by atoms with Crippen LogP contribution in [0.5, 0.6) is 0 Å². The molecule has 1 aromatic heterocycles. The van der Waals surface area contributed by atoms with Gasteiger partial charge in [0.15, 0.2) is 0 Å². The number of nitrogens with one attached hydrogen (secondary N) is 1. The number of carbonyl (C=O) groups excluding carboxylic acids is 1. The van der Waals surface area contributed by atoms with E-state index in [0.717, 1.165) is 15.8 Å². The third-order valence-electron chi connectivity index (χ3n) is 3.64. The second kappa shape index (κ2) is 7.27.